The van der Waals surface area contributed by atoms with Gasteiger partial charge in [0, 0.05) is 30.4 Å². The number of benzene rings is 2. The molecular weight excluding hydrogens is 393 g/mol. The maximum atomic E-state index is 13.1. The van der Waals surface area contributed by atoms with Crippen LogP contribution in [0.15, 0.2) is 42.5 Å². The molecule has 0 saturated carbocycles. The van der Waals surface area contributed by atoms with Gasteiger partial charge in [0.05, 0.1) is 0 Å². The molecule has 1 fully saturated rings. The molecule has 0 bridgehead atoms. The van der Waals surface area contributed by atoms with Crippen molar-refractivity contribution in [3.8, 4) is 0 Å². The van der Waals surface area contributed by atoms with Crippen LogP contribution in [0.25, 0.3) is 0 Å². The van der Waals surface area contributed by atoms with Crippen molar-refractivity contribution in [3.63, 3.8) is 0 Å². The fourth-order valence-corrected chi connectivity index (χ4v) is 5.13. The zero-order chi connectivity index (χ0) is 22.0. The van der Waals surface area contributed by atoms with Crippen LogP contribution in [0.5, 0.6) is 0 Å². The topological polar surface area (TPSA) is 46.6 Å². The van der Waals surface area contributed by atoms with Gasteiger partial charge in [-0.1, -0.05) is 30.7 Å². The van der Waals surface area contributed by atoms with Crippen LogP contribution in [0.1, 0.15) is 72.2 Å². The number of ketones is 1. The molecule has 0 radical (unpaired) electrons. The first-order valence-electron chi connectivity index (χ1n) is 11.2. The summed E-state index contributed by atoms with van der Waals surface area (Å²) in [5.41, 5.74) is 4.25. The minimum Gasteiger partial charge on any atom is -0.457 e. The molecule has 2 aromatic carbocycles. The minimum absolute atomic E-state index is 0.0166. The van der Waals surface area contributed by atoms with E-state index in [1.54, 1.807) is 12.1 Å². The standard InChI is InChI=1S/C26H30FNO3/c1-3-25(30)31-24-16-26(22-11-6-18(2)15-21(22)24)12-14-28(17-26)13-4-5-23(29)19-7-9-20(27)10-8-19/h6-11,15,24H,3-5,12-14,16-17H2,1-2H3. The van der Waals surface area contributed by atoms with Crippen LogP contribution in [0.4, 0.5) is 4.39 Å². The van der Waals surface area contributed by atoms with Crippen molar-refractivity contribution in [3.05, 3.63) is 70.5 Å². The van der Waals surface area contributed by atoms with Gasteiger partial charge in [0.25, 0.3) is 0 Å². The molecule has 4 rings (SSSR count). The number of carbonyl (C=O) groups excluding carboxylic acids is 2. The van der Waals surface area contributed by atoms with E-state index in [1.807, 2.05) is 6.92 Å². The summed E-state index contributed by atoms with van der Waals surface area (Å²) in [5.74, 6) is -0.417. The quantitative estimate of drug-likeness (QED) is 0.457. The molecule has 5 heteroatoms. The Morgan fingerprint density at radius 3 is 2.71 bits per heavy atom. The van der Waals surface area contributed by atoms with Crippen molar-refractivity contribution in [2.24, 2.45) is 0 Å². The van der Waals surface area contributed by atoms with Gasteiger partial charge in [0.2, 0.25) is 0 Å². The lowest BCUT2D eigenvalue weighted by molar-refractivity contribution is -0.149. The number of halogens is 1. The summed E-state index contributed by atoms with van der Waals surface area (Å²) in [7, 11) is 0. The maximum Gasteiger partial charge on any atom is 0.306 e. The van der Waals surface area contributed by atoms with Gasteiger partial charge in [0.1, 0.15) is 11.9 Å². The van der Waals surface area contributed by atoms with E-state index in [0.717, 1.165) is 44.5 Å². The number of nitrogens with zero attached hydrogens (tertiary/aromatic N) is 1. The van der Waals surface area contributed by atoms with Crippen molar-refractivity contribution in [2.75, 3.05) is 19.6 Å². The zero-order valence-electron chi connectivity index (χ0n) is 18.3. The summed E-state index contributed by atoms with van der Waals surface area (Å²) in [6, 6.07) is 12.3. The SMILES string of the molecule is CCC(=O)OC1CC2(CCN(CCCC(=O)c3ccc(F)cc3)C2)c2ccc(C)cc21. The summed E-state index contributed by atoms with van der Waals surface area (Å²) < 4.78 is 18.9. The molecule has 0 amide bonds. The van der Waals surface area contributed by atoms with Crippen LogP contribution in [0.3, 0.4) is 0 Å². The number of aryl methyl sites for hydroxylation is 1. The molecular formula is C26H30FNO3. The smallest absolute Gasteiger partial charge is 0.306 e. The van der Waals surface area contributed by atoms with E-state index in [9.17, 15) is 14.0 Å². The Hall–Kier alpha value is -2.53. The number of esters is 1. The average Bonchev–Trinajstić information content (AvgIpc) is 3.29. The first-order chi connectivity index (χ1) is 14.9. The lowest BCUT2D eigenvalue weighted by Gasteiger charge is -2.26. The molecule has 0 N–H and O–H groups in total. The second-order valence-electron chi connectivity index (χ2n) is 8.97. The first-order valence-corrected chi connectivity index (χ1v) is 11.2. The van der Waals surface area contributed by atoms with E-state index < -0.39 is 0 Å². The number of rotatable bonds is 7. The van der Waals surface area contributed by atoms with Crippen LogP contribution < -0.4 is 0 Å². The second-order valence-corrected chi connectivity index (χ2v) is 8.97. The number of carbonyl (C=O) groups is 2. The molecule has 1 spiro atoms. The molecule has 1 aliphatic carbocycles. The predicted molar refractivity (Wildman–Crippen MR) is 118 cm³/mol. The van der Waals surface area contributed by atoms with Gasteiger partial charge in [-0.25, -0.2) is 4.39 Å². The number of ether oxygens (including phenoxy) is 1. The van der Waals surface area contributed by atoms with E-state index in [1.165, 1.54) is 23.3 Å². The first kappa shape index (κ1) is 21.7. The Kier molecular flexibility index (Phi) is 6.24. The molecule has 4 nitrogen and oxygen atoms in total. The van der Waals surface area contributed by atoms with Crippen LogP contribution in [-0.2, 0) is 14.9 Å². The summed E-state index contributed by atoms with van der Waals surface area (Å²) in [5, 5.41) is 0. The molecule has 2 unspecified atom stereocenters. The second kappa shape index (κ2) is 8.91. The van der Waals surface area contributed by atoms with E-state index in [4.69, 9.17) is 4.74 Å². The molecule has 1 aliphatic heterocycles. The molecule has 2 atom stereocenters. The van der Waals surface area contributed by atoms with E-state index in [-0.39, 0.29) is 29.1 Å². The average molecular weight is 424 g/mol. The third kappa shape index (κ3) is 4.57. The number of hydrogen-bond acceptors (Lipinski definition) is 4. The van der Waals surface area contributed by atoms with Crippen molar-refractivity contribution in [1.29, 1.82) is 0 Å². The molecule has 1 saturated heterocycles. The highest BCUT2D eigenvalue weighted by molar-refractivity contribution is 5.95. The number of hydrogen-bond donors (Lipinski definition) is 0. The molecule has 2 aliphatic rings. The van der Waals surface area contributed by atoms with Crippen LogP contribution in [0.2, 0.25) is 0 Å². The van der Waals surface area contributed by atoms with Gasteiger partial charge in [-0.05, 0) is 74.7 Å². The highest BCUT2D eigenvalue weighted by Crippen LogP contribution is 2.51. The van der Waals surface area contributed by atoms with Crippen LogP contribution >= 0.6 is 0 Å². The van der Waals surface area contributed by atoms with Crippen LogP contribution in [-0.4, -0.2) is 36.3 Å². The van der Waals surface area contributed by atoms with Gasteiger partial charge < -0.3 is 9.64 Å². The normalized spacial score (nSPS) is 22.6. The predicted octanol–water partition coefficient (Wildman–Crippen LogP) is 5.14. The number of likely N-dealkylation sites (tertiary alicyclic amines) is 1. The van der Waals surface area contributed by atoms with Gasteiger partial charge in [-0.3, -0.25) is 9.59 Å². The third-order valence-electron chi connectivity index (χ3n) is 6.74. The Bertz CT molecular complexity index is 971. The number of fused-ring (bicyclic) bond motifs is 2. The van der Waals surface area contributed by atoms with Gasteiger partial charge in [-0.15, -0.1) is 0 Å². The Balaban J connectivity index is 1.38. The fraction of sp³-hybridized carbons (Fsp3) is 0.462. The lowest BCUT2D eigenvalue weighted by atomic mass is 9.81. The molecule has 0 aromatic heterocycles. The minimum atomic E-state index is -0.325. The summed E-state index contributed by atoms with van der Waals surface area (Å²) in [4.78, 5) is 26.8. The summed E-state index contributed by atoms with van der Waals surface area (Å²) in [6.07, 6.45) is 3.34. The molecule has 164 valence electrons. The largest absolute Gasteiger partial charge is 0.457 e. The zero-order valence-corrected chi connectivity index (χ0v) is 18.3. The molecule has 31 heavy (non-hydrogen) atoms. The Morgan fingerprint density at radius 2 is 1.97 bits per heavy atom. The molecule has 1 heterocycles. The highest BCUT2D eigenvalue weighted by Gasteiger charge is 2.48. The molecule has 2 aromatic rings. The lowest BCUT2D eigenvalue weighted by Crippen LogP contribution is -2.30. The maximum absolute atomic E-state index is 13.1. The van der Waals surface area contributed by atoms with Gasteiger partial charge >= 0.3 is 5.97 Å². The number of Topliss-reactive ketones (excluding diaryl/α,β-unsaturated/α-hetero) is 1. The highest BCUT2D eigenvalue weighted by atomic mass is 19.1. The van der Waals surface area contributed by atoms with Gasteiger partial charge in [0.15, 0.2) is 5.78 Å². The monoisotopic (exact) mass is 423 g/mol. The van der Waals surface area contributed by atoms with E-state index in [2.05, 4.69) is 30.0 Å². The Morgan fingerprint density at radius 1 is 1.19 bits per heavy atom. The van der Waals surface area contributed by atoms with Crippen molar-refractivity contribution < 1.29 is 18.7 Å². The Labute approximate surface area is 183 Å². The van der Waals surface area contributed by atoms with Crippen molar-refractivity contribution >= 4 is 11.8 Å². The fourth-order valence-electron chi connectivity index (χ4n) is 5.13. The van der Waals surface area contributed by atoms with Crippen LogP contribution in [0, 0.1) is 12.7 Å². The van der Waals surface area contributed by atoms with Crippen molar-refractivity contribution in [1.82, 2.24) is 4.90 Å². The summed E-state index contributed by atoms with van der Waals surface area (Å²) >= 11 is 0. The van der Waals surface area contributed by atoms with E-state index in [0.29, 0.717) is 18.4 Å². The van der Waals surface area contributed by atoms with Gasteiger partial charge in [-0.2, -0.15) is 0 Å². The van der Waals surface area contributed by atoms with E-state index >= 15 is 0 Å². The van der Waals surface area contributed by atoms with Crippen molar-refractivity contribution in [2.45, 2.75) is 57.5 Å². The third-order valence-corrected chi connectivity index (χ3v) is 6.74. The summed E-state index contributed by atoms with van der Waals surface area (Å²) in [6.45, 7) is 6.66.